The van der Waals surface area contributed by atoms with Crippen LogP contribution >= 0.6 is 0 Å². The molecule has 0 saturated heterocycles. The molecule has 4 saturated carbocycles. The van der Waals surface area contributed by atoms with Gasteiger partial charge in [-0.15, -0.1) is 0 Å². The zero-order valence-corrected chi connectivity index (χ0v) is 21.5. The van der Waals surface area contributed by atoms with Crippen LogP contribution in [-0.2, 0) is 38.1 Å². The van der Waals surface area contributed by atoms with Crippen molar-refractivity contribution in [3.63, 3.8) is 0 Å². The second-order valence-electron chi connectivity index (χ2n) is 10.9. The van der Waals surface area contributed by atoms with Crippen LogP contribution in [0.3, 0.4) is 0 Å². The first-order valence-electron chi connectivity index (χ1n) is 12.0. The number of halogens is 8. The summed E-state index contributed by atoms with van der Waals surface area (Å²) in [5, 5.41) is 0. The average Bonchev–Trinajstić information content (AvgIpc) is 2.77. The molecule has 0 aliphatic heterocycles. The zero-order chi connectivity index (χ0) is 30.7. The molecule has 0 heterocycles. The van der Waals surface area contributed by atoms with Gasteiger partial charge in [-0.1, -0.05) is 6.58 Å². The van der Waals surface area contributed by atoms with Crippen LogP contribution < -0.4 is 0 Å². The molecule has 0 amide bonds. The highest BCUT2D eigenvalue weighted by molar-refractivity contribution is 5.88. The summed E-state index contributed by atoms with van der Waals surface area (Å²) in [5.41, 5.74) is -4.23. The molecule has 5 unspecified atom stereocenters. The molecule has 0 N–H and O–H groups in total. The molecule has 8 nitrogen and oxygen atoms in total. The van der Waals surface area contributed by atoms with E-state index < -0.39 is 96.2 Å². The van der Waals surface area contributed by atoms with Crippen molar-refractivity contribution in [2.45, 2.75) is 93.9 Å². The van der Waals surface area contributed by atoms with Crippen molar-refractivity contribution in [3.8, 4) is 0 Å². The Morgan fingerprint density at radius 1 is 0.850 bits per heavy atom. The van der Waals surface area contributed by atoms with E-state index >= 15 is 0 Å². The quantitative estimate of drug-likeness (QED) is 0.159. The van der Waals surface area contributed by atoms with Gasteiger partial charge in [-0.05, 0) is 38.5 Å². The minimum absolute atomic E-state index is 0.0210. The Morgan fingerprint density at radius 3 is 1.93 bits per heavy atom. The topological polar surface area (TPSA) is 105 Å². The SMILES string of the molecule is C=C(C)C(=O)OCC(=O)OC12CC3CC(C1)C(OC(=O)C(F)(F)C(C)(F)F)C(OC(=O)C(F)(F)C(C)(F)F)(C3)C2. The van der Waals surface area contributed by atoms with Gasteiger partial charge in [-0.3, -0.25) is 0 Å². The molecule has 5 atom stereocenters. The molecule has 4 aliphatic carbocycles. The van der Waals surface area contributed by atoms with Gasteiger partial charge in [-0.2, -0.15) is 35.1 Å². The molecule has 0 aromatic heterocycles. The first-order valence-corrected chi connectivity index (χ1v) is 12.0. The van der Waals surface area contributed by atoms with Crippen molar-refractivity contribution in [2.24, 2.45) is 11.8 Å². The van der Waals surface area contributed by atoms with Gasteiger partial charge in [-0.25, -0.2) is 19.2 Å². The van der Waals surface area contributed by atoms with E-state index in [1.54, 1.807) is 0 Å². The van der Waals surface area contributed by atoms with Crippen molar-refractivity contribution >= 4 is 23.9 Å². The molecule has 226 valence electrons. The minimum Gasteiger partial charge on any atom is -0.456 e. The highest BCUT2D eigenvalue weighted by atomic mass is 19.3. The summed E-state index contributed by atoms with van der Waals surface area (Å²) in [4.78, 5) is 48.5. The van der Waals surface area contributed by atoms with Gasteiger partial charge in [0.2, 0.25) is 0 Å². The molecule has 0 aromatic carbocycles. The Kier molecular flexibility index (Phi) is 7.78. The van der Waals surface area contributed by atoms with Crippen LogP contribution in [0.25, 0.3) is 0 Å². The summed E-state index contributed by atoms with van der Waals surface area (Å²) in [7, 11) is 0. The van der Waals surface area contributed by atoms with Gasteiger partial charge >= 0.3 is 47.6 Å². The molecule has 4 rings (SSSR count). The predicted molar refractivity (Wildman–Crippen MR) is 115 cm³/mol. The zero-order valence-electron chi connectivity index (χ0n) is 21.5. The van der Waals surface area contributed by atoms with E-state index in [0.717, 1.165) is 0 Å². The van der Waals surface area contributed by atoms with Crippen molar-refractivity contribution in [3.05, 3.63) is 12.2 Å². The second-order valence-corrected chi connectivity index (χ2v) is 10.9. The maximum absolute atomic E-state index is 14.2. The van der Waals surface area contributed by atoms with E-state index in [-0.39, 0.29) is 38.7 Å². The number of hydrogen-bond donors (Lipinski definition) is 0. The lowest BCUT2D eigenvalue weighted by Crippen LogP contribution is -2.71. The van der Waals surface area contributed by atoms with Crippen LogP contribution in [0.2, 0.25) is 0 Å². The van der Waals surface area contributed by atoms with Gasteiger partial charge in [0.25, 0.3) is 0 Å². The smallest absolute Gasteiger partial charge is 0.404 e. The van der Waals surface area contributed by atoms with Crippen LogP contribution in [0.1, 0.15) is 52.9 Å². The fourth-order valence-corrected chi connectivity index (χ4v) is 5.74. The van der Waals surface area contributed by atoms with E-state index in [9.17, 15) is 54.3 Å². The molecule has 4 fully saturated rings. The molecule has 16 heteroatoms. The fourth-order valence-electron chi connectivity index (χ4n) is 5.74. The average molecular weight is 594 g/mol. The van der Waals surface area contributed by atoms with Crippen molar-refractivity contribution in [1.82, 2.24) is 0 Å². The number of esters is 4. The predicted octanol–water partition coefficient (Wildman–Crippen LogP) is 4.39. The number of carbonyl (C=O) groups excluding carboxylic acids is 4. The molecule has 0 radical (unpaired) electrons. The Morgan fingerprint density at radius 2 is 1.40 bits per heavy atom. The van der Waals surface area contributed by atoms with E-state index in [0.29, 0.717) is 0 Å². The third-order valence-electron chi connectivity index (χ3n) is 7.28. The summed E-state index contributed by atoms with van der Waals surface area (Å²) >= 11 is 0. The van der Waals surface area contributed by atoms with E-state index in [1.165, 1.54) is 6.92 Å². The van der Waals surface area contributed by atoms with Crippen molar-refractivity contribution < 1.29 is 73.2 Å². The minimum atomic E-state index is -5.42. The fraction of sp³-hybridized carbons (Fsp3) is 0.750. The lowest BCUT2D eigenvalue weighted by atomic mass is 9.50. The van der Waals surface area contributed by atoms with Gasteiger partial charge in [0.15, 0.2) is 12.2 Å². The van der Waals surface area contributed by atoms with Crippen LogP contribution in [0, 0.1) is 11.8 Å². The van der Waals surface area contributed by atoms with E-state index in [1.807, 2.05) is 0 Å². The van der Waals surface area contributed by atoms with E-state index in [4.69, 9.17) is 9.47 Å². The van der Waals surface area contributed by atoms with Crippen molar-refractivity contribution in [2.75, 3.05) is 6.61 Å². The van der Waals surface area contributed by atoms with Gasteiger partial charge < -0.3 is 18.9 Å². The Labute approximate surface area is 222 Å². The van der Waals surface area contributed by atoms with Crippen LogP contribution in [-0.4, -0.2) is 71.5 Å². The summed E-state index contributed by atoms with van der Waals surface area (Å²) < 4.78 is 130. The molecule has 40 heavy (non-hydrogen) atoms. The Bertz CT molecular complexity index is 1100. The molecule has 4 aliphatic rings. The lowest BCUT2D eigenvalue weighted by molar-refractivity contribution is -0.296. The third-order valence-corrected chi connectivity index (χ3v) is 7.28. The van der Waals surface area contributed by atoms with Crippen LogP contribution in [0.5, 0.6) is 0 Å². The normalized spacial score (nSPS) is 29.9. The van der Waals surface area contributed by atoms with Crippen LogP contribution in [0.4, 0.5) is 35.1 Å². The number of carbonyl (C=O) groups is 4. The number of alkyl halides is 8. The summed E-state index contributed by atoms with van der Waals surface area (Å²) in [6.07, 6.45) is -3.53. The lowest BCUT2D eigenvalue weighted by Gasteiger charge is -2.62. The number of rotatable bonds is 10. The number of ether oxygens (including phenoxy) is 4. The second kappa shape index (κ2) is 9.86. The molecular formula is C24H26F8O8. The maximum Gasteiger partial charge on any atom is 0.404 e. The molecular weight excluding hydrogens is 568 g/mol. The first-order chi connectivity index (χ1) is 18.0. The van der Waals surface area contributed by atoms with Crippen LogP contribution in [0.15, 0.2) is 12.2 Å². The van der Waals surface area contributed by atoms with Crippen molar-refractivity contribution in [1.29, 1.82) is 0 Å². The largest absolute Gasteiger partial charge is 0.456 e. The molecule has 4 bridgehead atoms. The summed E-state index contributed by atoms with van der Waals surface area (Å²) in [6, 6.07) is 0. The van der Waals surface area contributed by atoms with Gasteiger partial charge in [0.05, 0.1) is 0 Å². The highest BCUT2D eigenvalue weighted by Gasteiger charge is 2.71. The Balaban J connectivity index is 1.96. The van der Waals surface area contributed by atoms with E-state index in [2.05, 4.69) is 16.1 Å². The maximum atomic E-state index is 14.2. The summed E-state index contributed by atoms with van der Waals surface area (Å²) in [6.45, 7) is 3.15. The monoisotopic (exact) mass is 594 g/mol. The molecule has 0 spiro atoms. The summed E-state index contributed by atoms with van der Waals surface area (Å²) in [5.74, 6) is -30.1. The van der Waals surface area contributed by atoms with Gasteiger partial charge in [0.1, 0.15) is 11.7 Å². The molecule has 0 aromatic rings. The highest BCUT2D eigenvalue weighted by Crippen LogP contribution is 2.62. The third kappa shape index (κ3) is 5.62. The first kappa shape index (κ1) is 31.6. The number of hydrogen-bond acceptors (Lipinski definition) is 8. The van der Waals surface area contributed by atoms with Gasteiger partial charge in [0, 0.05) is 31.8 Å². The Hall–Kier alpha value is -2.94. The standard InChI is InChI=1S/C24H26F8O8/c1-11(2)16(34)37-9-14(33)39-21-6-12-5-13(8-21)15(38-17(35)23(29,30)19(3,25)26)22(7-12,10-21)40-18(36)24(31,32)20(4,27)28/h12-13,15H,1,5-10H2,2-4H3.